The van der Waals surface area contributed by atoms with Crippen molar-refractivity contribution in [3.8, 4) is 5.69 Å². The number of nitrogens with zero attached hydrogens (tertiary/aromatic N) is 2. The number of fused-ring (bicyclic) bond motifs is 1. The van der Waals surface area contributed by atoms with E-state index in [1.54, 1.807) is 67.0 Å². The minimum atomic E-state index is -1.21. The molecule has 206 valence electrons. The Balaban J connectivity index is 1.38. The monoisotopic (exact) mass is 563 g/mol. The fraction of sp³-hybridized carbons (Fsp3) is 0.214. The van der Waals surface area contributed by atoms with Gasteiger partial charge in [0, 0.05) is 59.8 Å². The van der Waals surface area contributed by atoms with Crippen LogP contribution in [-0.4, -0.2) is 69.4 Å². The van der Waals surface area contributed by atoms with Crippen molar-refractivity contribution < 1.29 is 24.2 Å². The number of aromatic nitrogens is 2. The smallest absolute Gasteiger partial charge is 0.409 e. The van der Waals surface area contributed by atoms with Gasteiger partial charge in [-0.15, -0.1) is 0 Å². The van der Waals surface area contributed by atoms with Crippen molar-refractivity contribution >= 4 is 40.4 Å². The number of carboxylic acid groups (broad SMARTS) is 1. The third-order valence-electron chi connectivity index (χ3n) is 6.95. The van der Waals surface area contributed by atoms with Crippen molar-refractivity contribution in [2.24, 2.45) is 0 Å². The number of carbonyl (C=O) groups is 3. The molecule has 1 fully saturated rings. The van der Waals surface area contributed by atoms with Gasteiger partial charge in [0.15, 0.2) is 6.23 Å². The first-order valence-corrected chi connectivity index (χ1v) is 12.8. The maximum atomic E-state index is 13.3. The lowest BCUT2D eigenvalue weighted by atomic mass is 9.96. The van der Waals surface area contributed by atoms with Crippen molar-refractivity contribution in [3.63, 3.8) is 0 Å². The van der Waals surface area contributed by atoms with E-state index in [4.69, 9.17) is 16.3 Å². The molecule has 1 saturated heterocycles. The average molecular weight is 564 g/mol. The number of aromatic amines is 1. The number of rotatable bonds is 6. The molecule has 1 unspecified atom stereocenters. The molecule has 2 aromatic heterocycles. The summed E-state index contributed by atoms with van der Waals surface area (Å²) in [7, 11) is 1.35. The van der Waals surface area contributed by atoms with Crippen LogP contribution in [0.2, 0.25) is 5.02 Å². The number of pyridine rings is 1. The third-order valence-corrected chi connectivity index (χ3v) is 7.27. The van der Waals surface area contributed by atoms with Gasteiger partial charge in [0.05, 0.1) is 17.1 Å². The van der Waals surface area contributed by atoms with Crippen molar-refractivity contribution in [1.29, 1.82) is 0 Å². The van der Waals surface area contributed by atoms with E-state index in [-0.39, 0.29) is 24.1 Å². The second-order valence-corrected chi connectivity index (χ2v) is 9.73. The molecule has 0 saturated carbocycles. The highest BCUT2D eigenvalue weighted by molar-refractivity contribution is 6.35. The Bertz CT molecular complexity index is 1630. The lowest BCUT2D eigenvalue weighted by molar-refractivity contribution is -0.0688. The first-order chi connectivity index (χ1) is 19.3. The molecule has 4 aromatic rings. The number of likely N-dealkylation sites (tertiary alicyclic amines) is 1. The Hall–Kier alpha value is -4.61. The predicted octanol–water partition coefficient (Wildman–Crippen LogP) is 3.23. The highest BCUT2D eigenvalue weighted by Gasteiger charge is 2.42. The van der Waals surface area contributed by atoms with Crippen LogP contribution >= 0.6 is 11.6 Å². The SMILES string of the molecule is COC1[C@@H](NC(=O)c2ccc(-n3ccccc3=O)cc2)[C@H](NC(=O)c2ccc3c(Cl)c[nH]c3c2)CCN1C(=O)O. The van der Waals surface area contributed by atoms with Gasteiger partial charge < -0.3 is 25.5 Å². The molecule has 0 aliphatic carbocycles. The van der Waals surface area contributed by atoms with E-state index in [0.717, 1.165) is 10.3 Å². The molecule has 3 amide bonds. The Morgan fingerprint density at radius 1 is 1.02 bits per heavy atom. The normalized spacial score (nSPS) is 18.9. The number of carbonyl (C=O) groups excluding carboxylic acids is 2. The second-order valence-electron chi connectivity index (χ2n) is 9.32. The van der Waals surface area contributed by atoms with Crippen LogP contribution < -0.4 is 16.2 Å². The number of benzene rings is 2. The van der Waals surface area contributed by atoms with Gasteiger partial charge in [-0.3, -0.25) is 23.9 Å². The lowest BCUT2D eigenvalue weighted by Crippen LogP contribution is -2.66. The van der Waals surface area contributed by atoms with Gasteiger partial charge in [0.1, 0.15) is 0 Å². The van der Waals surface area contributed by atoms with Crippen molar-refractivity contribution in [1.82, 2.24) is 25.1 Å². The molecule has 3 atom stereocenters. The van der Waals surface area contributed by atoms with Crippen LogP contribution in [0.15, 0.2) is 77.9 Å². The summed E-state index contributed by atoms with van der Waals surface area (Å²) in [6, 6.07) is 14.7. The fourth-order valence-electron chi connectivity index (χ4n) is 4.92. The van der Waals surface area contributed by atoms with Gasteiger partial charge in [0.2, 0.25) is 0 Å². The quantitative estimate of drug-likeness (QED) is 0.283. The van der Waals surface area contributed by atoms with E-state index in [2.05, 4.69) is 15.6 Å². The number of nitrogens with one attached hydrogen (secondary N) is 3. The Morgan fingerprint density at radius 3 is 2.45 bits per heavy atom. The minimum Gasteiger partial charge on any atom is -0.465 e. The van der Waals surface area contributed by atoms with E-state index in [9.17, 15) is 24.3 Å². The summed E-state index contributed by atoms with van der Waals surface area (Å²) in [6.07, 6.45) is 1.25. The van der Waals surface area contributed by atoms with Gasteiger partial charge in [0.25, 0.3) is 17.4 Å². The summed E-state index contributed by atoms with van der Waals surface area (Å²) in [5.74, 6) is -0.888. The Kier molecular flexibility index (Phi) is 7.58. The molecule has 5 rings (SSSR count). The molecule has 0 radical (unpaired) electrons. The molecule has 1 aliphatic heterocycles. The number of methoxy groups -OCH3 is 1. The van der Waals surface area contributed by atoms with Gasteiger partial charge in [-0.2, -0.15) is 0 Å². The van der Waals surface area contributed by atoms with Gasteiger partial charge in [-0.1, -0.05) is 23.7 Å². The van der Waals surface area contributed by atoms with Crippen LogP contribution in [0.1, 0.15) is 27.1 Å². The molecule has 12 heteroatoms. The number of hydrogen-bond acceptors (Lipinski definition) is 5. The van der Waals surface area contributed by atoms with Gasteiger partial charge in [-0.05, 0) is 48.9 Å². The highest BCUT2D eigenvalue weighted by atomic mass is 35.5. The number of hydrogen-bond donors (Lipinski definition) is 4. The molecule has 0 spiro atoms. The van der Waals surface area contributed by atoms with Crippen LogP contribution in [0.5, 0.6) is 0 Å². The van der Waals surface area contributed by atoms with E-state index >= 15 is 0 Å². The molecular formula is C28H26ClN5O6. The summed E-state index contributed by atoms with van der Waals surface area (Å²) in [5, 5.41) is 16.8. The van der Waals surface area contributed by atoms with E-state index in [1.807, 2.05) is 0 Å². The molecule has 40 heavy (non-hydrogen) atoms. The largest absolute Gasteiger partial charge is 0.465 e. The Labute approximate surface area is 233 Å². The standard InChI is InChI=1S/C28H26ClN5O6/c1-40-27-24(32-25(36)16-5-8-18(9-6-16)33-12-3-2-4-23(33)35)21(11-13-34(27)28(38)39)31-26(37)17-7-10-19-20(29)15-30-22(19)14-17/h2-10,12,14-15,21,24,27,30H,11,13H2,1H3,(H,31,37)(H,32,36)(H,38,39)/t21-,24+,27?/m1/s1. The molecule has 4 N–H and O–H groups in total. The first-order valence-electron chi connectivity index (χ1n) is 12.5. The highest BCUT2D eigenvalue weighted by Crippen LogP contribution is 2.25. The zero-order chi connectivity index (χ0) is 28.4. The molecule has 0 bridgehead atoms. The molecule has 3 heterocycles. The maximum absolute atomic E-state index is 13.3. The van der Waals surface area contributed by atoms with Crippen molar-refractivity contribution in [2.45, 2.75) is 24.7 Å². The summed E-state index contributed by atoms with van der Waals surface area (Å²) < 4.78 is 6.95. The van der Waals surface area contributed by atoms with Gasteiger partial charge >= 0.3 is 6.09 Å². The van der Waals surface area contributed by atoms with Crippen LogP contribution in [0.25, 0.3) is 16.6 Å². The van der Waals surface area contributed by atoms with Crippen LogP contribution in [0, 0.1) is 0 Å². The summed E-state index contributed by atoms with van der Waals surface area (Å²) in [6.45, 7) is 0.0942. The molecule has 11 nitrogen and oxygen atoms in total. The fourth-order valence-corrected chi connectivity index (χ4v) is 5.14. The third kappa shape index (κ3) is 5.29. The number of piperidine rings is 1. The van der Waals surface area contributed by atoms with Crippen molar-refractivity contribution in [3.05, 3.63) is 99.6 Å². The topological polar surface area (TPSA) is 146 Å². The van der Waals surface area contributed by atoms with E-state index in [1.165, 1.54) is 17.7 Å². The summed E-state index contributed by atoms with van der Waals surface area (Å²) in [5.41, 5.74) is 1.72. The molecule has 1 aliphatic rings. The van der Waals surface area contributed by atoms with Crippen molar-refractivity contribution in [2.75, 3.05) is 13.7 Å². The first kappa shape index (κ1) is 27.0. The van der Waals surface area contributed by atoms with Gasteiger partial charge in [-0.25, -0.2) is 4.79 Å². The number of H-pyrrole nitrogens is 1. The number of halogens is 1. The van der Waals surface area contributed by atoms with Crippen LogP contribution in [0.3, 0.4) is 0 Å². The maximum Gasteiger partial charge on any atom is 0.409 e. The summed E-state index contributed by atoms with van der Waals surface area (Å²) >= 11 is 6.14. The Morgan fingerprint density at radius 2 is 1.75 bits per heavy atom. The zero-order valence-corrected chi connectivity index (χ0v) is 22.1. The van der Waals surface area contributed by atoms with Crippen LogP contribution in [0.4, 0.5) is 4.79 Å². The second kappa shape index (κ2) is 11.2. The van der Waals surface area contributed by atoms with Crippen LogP contribution in [-0.2, 0) is 4.74 Å². The average Bonchev–Trinajstić information content (AvgIpc) is 3.33. The van der Waals surface area contributed by atoms with E-state index in [0.29, 0.717) is 21.8 Å². The zero-order valence-electron chi connectivity index (χ0n) is 21.3. The molecule has 2 aromatic carbocycles. The predicted molar refractivity (Wildman–Crippen MR) is 148 cm³/mol. The summed E-state index contributed by atoms with van der Waals surface area (Å²) in [4.78, 5) is 54.6. The molecular weight excluding hydrogens is 538 g/mol. The lowest BCUT2D eigenvalue weighted by Gasteiger charge is -2.43. The number of ether oxygens (including phenoxy) is 1. The number of amides is 3. The van der Waals surface area contributed by atoms with E-state index < -0.39 is 36.2 Å². The minimum absolute atomic E-state index is 0.0942.